The van der Waals surface area contributed by atoms with Crippen molar-refractivity contribution in [1.82, 2.24) is 0 Å². The fourth-order valence-electron chi connectivity index (χ4n) is 3.01. The number of hydrogen-bond acceptors (Lipinski definition) is 4. The Morgan fingerprint density at radius 3 is 2.81 bits per heavy atom. The van der Waals surface area contributed by atoms with E-state index in [0.717, 1.165) is 12.8 Å². The summed E-state index contributed by atoms with van der Waals surface area (Å²) in [5.74, 6) is 0.0816. The molecule has 1 spiro atoms. The van der Waals surface area contributed by atoms with Crippen molar-refractivity contribution in [2.75, 3.05) is 20.3 Å². The zero-order chi connectivity index (χ0) is 11.8. The zero-order valence-corrected chi connectivity index (χ0v) is 10.2. The molecule has 0 aromatic heterocycles. The summed E-state index contributed by atoms with van der Waals surface area (Å²) in [6.45, 7) is 5.33. The lowest BCUT2D eigenvalue weighted by Gasteiger charge is -2.17. The van der Waals surface area contributed by atoms with Crippen LogP contribution in [0.5, 0.6) is 0 Å². The minimum Gasteiger partial charge on any atom is -0.467 e. The zero-order valence-electron chi connectivity index (χ0n) is 10.2. The molecule has 0 aliphatic carbocycles. The molecule has 2 aliphatic rings. The van der Waals surface area contributed by atoms with E-state index in [1.807, 2.05) is 6.92 Å². The number of hydrogen-bond donors (Lipinski definition) is 0. The van der Waals surface area contributed by atoms with E-state index in [4.69, 9.17) is 14.2 Å². The molecule has 16 heavy (non-hydrogen) atoms. The van der Waals surface area contributed by atoms with E-state index in [0.29, 0.717) is 25.6 Å². The van der Waals surface area contributed by atoms with E-state index in [2.05, 4.69) is 6.92 Å². The monoisotopic (exact) mass is 228 g/mol. The second kappa shape index (κ2) is 4.00. The molecule has 4 nitrogen and oxygen atoms in total. The lowest BCUT2D eigenvalue weighted by atomic mass is 9.80. The first-order valence-electron chi connectivity index (χ1n) is 6.03. The number of carbonyl (C=O) groups excluding carboxylic acids is 1. The van der Waals surface area contributed by atoms with Crippen molar-refractivity contribution in [3.63, 3.8) is 0 Å². The van der Waals surface area contributed by atoms with Gasteiger partial charge in [0.25, 0.3) is 0 Å². The number of esters is 1. The van der Waals surface area contributed by atoms with Gasteiger partial charge in [-0.3, -0.25) is 0 Å². The summed E-state index contributed by atoms with van der Waals surface area (Å²) in [4.78, 5) is 11.8. The Balaban J connectivity index is 2.19. The topological polar surface area (TPSA) is 48.1 Å². The standard InChI is InChI=1S/C12H20O4/c1-4-6-9-7-15-8-12(9)11(5-2,16-12)10(13)14-3/h9H,4-8H2,1-3H3. The largest absolute Gasteiger partial charge is 0.467 e. The van der Waals surface area contributed by atoms with Crippen molar-refractivity contribution in [2.24, 2.45) is 5.92 Å². The van der Waals surface area contributed by atoms with Gasteiger partial charge in [-0.25, -0.2) is 4.79 Å². The summed E-state index contributed by atoms with van der Waals surface area (Å²) in [6.07, 6.45) is 2.78. The Morgan fingerprint density at radius 2 is 2.25 bits per heavy atom. The molecule has 2 fully saturated rings. The lowest BCUT2D eigenvalue weighted by Crippen LogP contribution is -2.39. The van der Waals surface area contributed by atoms with Gasteiger partial charge in [-0.1, -0.05) is 20.3 Å². The fourth-order valence-corrected chi connectivity index (χ4v) is 3.01. The predicted octanol–water partition coefficient (Wildman–Crippen LogP) is 1.52. The van der Waals surface area contributed by atoms with Gasteiger partial charge in [-0.2, -0.15) is 0 Å². The van der Waals surface area contributed by atoms with Gasteiger partial charge in [0.1, 0.15) is 5.60 Å². The number of ether oxygens (including phenoxy) is 3. The summed E-state index contributed by atoms with van der Waals surface area (Å²) in [6, 6.07) is 0. The molecular weight excluding hydrogens is 208 g/mol. The molecule has 4 heteroatoms. The highest BCUT2D eigenvalue weighted by Crippen LogP contribution is 2.59. The van der Waals surface area contributed by atoms with Gasteiger partial charge in [0.2, 0.25) is 0 Å². The first-order chi connectivity index (χ1) is 7.66. The summed E-state index contributed by atoms with van der Waals surface area (Å²) >= 11 is 0. The minimum absolute atomic E-state index is 0.249. The maximum Gasteiger partial charge on any atom is 0.341 e. The van der Waals surface area contributed by atoms with Gasteiger partial charge in [0, 0.05) is 5.92 Å². The predicted molar refractivity (Wildman–Crippen MR) is 58.1 cm³/mol. The molecule has 0 radical (unpaired) electrons. The number of methoxy groups -OCH3 is 1. The maximum atomic E-state index is 11.8. The van der Waals surface area contributed by atoms with Gasteiger partial charge in [-0.05, 0) is 12.8 Å². The van der Waals surface area contributed by atoms with Gasteiger partial charge < -0.3 is 14.2 Å². The van der Waals surface area contributed by atoms with Crippen molar-refractivity contribution >= 4 is 5.97 Å². The Bertz CT molecular complexity index is 291. The molecule has 0 aromatic carbocycles. The van der Waals surface area contributed by atoms with Crippen LogP contribution in [-0.2, 0) is 19.0 Å². The molecule has 2 aliphatic heterocycles. The Labute approximate surface area is 96.2 Å². The van der Waals surface area contributed by atoms with Gasteiger partial charge >= 0.3 is 5.97 Å². The van der Waals surface area contributed by atoms with Crippen LogP contribution < -0.4 is 0 Å². The molecule has 2 heterocycles. The van der Waals surface area contributed by atoms with E-state index in [1.54, 1.807) is 0 Å². The minimum atomic E-state index is -0.738. The normalized spacial score (nSPS) is 41.3. The van der Waals surface area contributed by atoms with E-state index >= 15 is 0 Å². The Morgan fingerprint density at radius 1 is 1.50 bits per heavy atom. The highest BCUT2D eigenvalue weighted by molar-refractivity contribution is 5.85. The second-order valence-corrected chi connectivity index (χ2v) is 4.66. The van der Waals surface area contributed by atoms with Crippen LogP contribution in [0.2, 0.25) is 0 Å². The van der Waals surface area contributed by atoms with Gasteiger partial charge in [-0.15, -0.1) is 0 Å². The van der Waals surface area contributed by atoms with Crippen LogP contribution in [0, 0.1) is 5.92 Å². The summed E-state index contributed by atoms with van der Waals surface area (Å²) in [5.41, 5.74) is -1.14. The van der Waals surface area contributed by atoms with Gasteiger partial charge in [0.15, 0.2) is 5.60 Å². The van der Waals surface area contributed by atoms with E-state index < -0.39 is 11.2 Å². The lowest BCUT2D eigenvalue weighted by molar-refractivity contribution is -0.147. The fraction of sp³-hybridized carbons (Fsp3) is 0.917. The number of epoxide rings is 1. The van der Waals surface area contributed by atoms with Crippen LogP contribution >= 0.6 is 0 Å². The van der Waals surface area contributed by atoms with E-state index in [-0.39, 0.29) is 5.97 Å². The maximum absolute atomic E-state index is 11.8. The molecule has 2 rings (SSSR count). The van der Waals surface area contributed by atoms with Crippen LogP contribution in [0.15, 0.2) is 0 Å². The van der Waals surface area contributed by atoms with E-state index in [9.17, 15) is 4.79 Å². The molecule has 92 valence electrons. The van der Waals surface area contributed by atoms with Gasteiger partial charge in [0.05, 0.1) is 20.3 Å². The van der Waals surface area contributed by atoms with Crippen molar-refractivity contribution in [1.29, 1.82) is 0 Å². The average molecular weight is 228 g/mol. The highest BCUT2D eigenvalue weighted by Gasteiger charge is 2.78. The SMILES string of the molecule is CCCC1COCC12OC2(CC)C(=O)OC. The van der Waals surface area contributed by atoms with Crippen LogP contribution in [0.25, 0.3) is 0 Å². The molecule has 0 saturated carbocycles. The first-order valence-corrected chi connectivity index (χ1v) is 6.03. The molecule has 0 bridgehead atoms. The van der Waals surface area contributed by atoms with Crippen molar-refractivity contribution in [3.8, 4) is 0 Å². The number of carbonyl (C=O) groups is 1. The third kappa shape index (κ3) is 1.32. The van der Waals surface area contributed by atoms with Crippen LogP contribution in [0.1, 0.15) is 33.1 Å². The number of rotatable bonds is 4. The Kier molecular flexibility index (Phi) is 2.97. The second-order valence-electron chi connectivity index (χ2n) is 4.66. The van der Waals surface area contributed by atoms with Crippen molar-refractivity contribution in [2.45, 2.75) is 44.3 Å². The summed E-state index contributed by atoms with van der Waals surface area (Å²) < 4.78 is 16.2. The molecule has 3 atom stereocenters. The molecule has 0 amide bonds. The highest BCUT2D eigenvalue weighted by atomic mass is 16.7. The molecule has 3 unspecified atom stereocenters. The summed E-state index contributed by atoms with van der Waals surface area (Å²) in [7, 11) is 1.42. The third-order valence-corrected chi connectivity index (χ3v) is 3.94. The molecule has 2 saturated heterocycles. The van der Waals surface area contributed by atoms with Crippen molar-refractivity contribution in [3.05, 3.63) is 0 Å². The smallest absolute Gasteiger partial charge is 0.341 e. The molecule has 0 aromatic rings. The molecular formula is C12H20O4. The van der Waals surface area contributed by atoms with E-state index in [1.165, 1.54) is 7.11 Å². The Hall–Kier alpha value is -0.610. The van der Waals surface area contributed by atoms with Crippen LogP contribution in [-0.4, -0.2) is 37.5 Å². The average Bonchev–Trinajstić information content (AvgIpc) is 2.81. The molecule has 0 N–H and O–H groups in total. The first kappa shape index (κ1) is 11.9. The summed E-state index contributed by atoms with van der Waals surface area (Å²) in [5, 5.41) is 0. The quantitative estimate of drug-likeness (QED) is 0.540. The third-order valence-electron chi connectivity index (χ3n) is 3.94. The van der Waals surface area contributed by atoms with Crippen molar-refractivity contribution < 1.29 is 19.0 Å². The van der Waals surface area contributed by atoms with Crippen LogP contribution in [0.3, 0.4) is 0 Å². The van der Waals surface area contributed by atoms with Crippen LogP contribution in [0.4, 0.5) is 0 Å².